The van der Waals surface area contributed by atoms with Crippen LogP contribution in [0.2, 0.25) is 0 Å². The largest absolute Gasteiger partial charge is 0.481 e. The molecule has 0 spiro atoms. The molecule has 1 N–H and O–H groups in total. The van der Waals surface area contributed by atoms with E-state index in [4.69, 9.17) is 5.11 Å². The van der Waals surface area contributed by atoms with Crippen molar-refractivity contribution < 1.29 is 19.1 Å². The minimum absolute atomic E-state index is 0.0962. The molecule has 0 bridgehead atoms. The lowest BCUT2D eigenvalue weighted by molar-refractivity contribution is -0.142. The lowest BCUT2D eigenvalue weighted by atomic mass is 9.99. The number of aryl methyl sites for hydroxylation is 1. The number of aliphatic carboxylic acids is 1. The fourth-order valence-electron chi connectivity index (χ4n) is 4.64. The van der Waals surface area contributed by atoms with Gasteiger partial charge in [0.25, 0.3) is 0 Å². The van der Waals surface area contributed by atoms with Gasteiger partial charge in [0.05, 0.1) is 30.4 Å². The predicted octanol–water partition coefficient (Wildman–Crippen LogP) is 3.15. The van der Waals surface area contributed by atoms with Crippen LogP contribution in [0, 0.1) is 24.6 Å². The monoisotopic (exact) mass is 399 g/mol. The van der Waals surface area contributed by atoms with E-state index in [2.05, 4.69) is 5.10 Å². The summed E-state index contributed by atoms with van der Waals surface area (Å²) in [6.07, 6.45) is 3.27. The van der Waals surface area contributed by atoms with E-state index in [-0.39, 0.29) is 23.6 Å². The van der Waals surface area contributed by atoms with Gasteiger partial charge in [0, 0.05) is 13.0 Å². The van der Waals surface area contributed by atoms with Gasteiger partial charge in [0.15, 0.2) is 0 Å². The first-order chi connectivity index (χ1) is 13.9. The normalized spacial score (nSPS) is 21.2. The molecule has 1 aliphatic carbocycles. The molecule has 2 aliphatic rings. The van der Waals surface area contributed by atoms with Crippen LogP contribution in [-0.2, 0) is 29.1 Å². The van der Waals surface area contributed by atoms with E-state index >= 15 is 0 Å². The summed E-state index contributed by atoms with van der Waals surface area (Å²) in [6.45, 7) is 3.72. The van der Waals surface area contributed by atoms with Crippen LogP contribution in [0.15, 0.2) is 24.3 Å². The second-order valence-corrected chi connectivity index (χ2v) is 8.28. The molecular weight excluding hydrogens is 373 g/mol. The fraction of sp³-hybridized carbons (Fsp3) is 0.500. The number of amides is 1. The second kappa shape index (κ2) is 7.97. The van der Waals surface area contributed by atoms with Gasteiger partial charge in [-0.1, -0.05) is 12.1 Å². The molecule has 6 nitrogen and oxygen atoms in total. The van der Waals surface area contributed by atoms with E-state index in [0.29, 0.717) is 38.9 Å². The Morgan fingerprint density at radius 1 is 1.24 bits per heavy atom. The highest BCUT2D eigenvalue weighted by atomic mass is 19.1. The fourth-order valence-corrected chi connectivity index (χ4v) is 4.64. The van der Waals surface area contributed by atoms with Crippen molar-refractivity contribution in [1.82, 2.24) is 14.7 Å². The van der Waals surface area contributed by atoms with Gasteiger partial charge in [-0.15, -0.1) is 0 Å². The highest BCUT2D eigenvalue weighted by Gasteiger charge is 2.33. The Kier molecular flexibility index (Phi) is 5.39. The average molecular weight is 399 g/mol. The Balaban J connectivity index is 1.44. The highest BCUT2D eigenvalue weighted by molar-refractivity contribution is 5.77. The molecule has 4 rings (SSSR count). The Morgan fingerprint density at radius 3 is 2.69 bits per heavy atom. The standard InChI is InChI=1S/C22H26FN3O3/c1-14-19-8-9-25(21(27)11-16-2-5-17(10-16)22(28)29)13-20(19)26(24-14)12-15-3-6-18(23)7-4-15/h3-4,6-7,16-17H,2,5,8-13H2,1H3,(H,28,29). The molecule has 2 atom stereocenters. The maximum Gasteiger partial charge on any atom is 0.306 e. The Bertz CT molecular complexity index is 922. The molecule has 1 fully saturated rings. The summed E-state index contributed by atoms with van der Waals surface area (Å²) in [7, 11) is 0. The van der Waals surface area contributed by atoms with Gasteiger partial charge in [0.1, 0.15) is 5.82 Å². The van der Waals surface area contributed by atoms with Crippen LogP contribution in [-0.4, -0.2) is 38.2 Å². The zero-order valence-corrected chi connectivity index (χ0v) is 16.6. The number of hydrogen-bond donors (Lipinski definition) is 1. The minimum atomic E-state index is -0.747. The summed E-state index contributed by atoms with van der Waals surface area (Å²) >= 11 is 0. The number of carbonyl (C=O) groups is 2. The highest BCUT2D eigenvalue weighted by Crippen LogP contribution is 2.34. The number of nitrogens with zero attached hydrogens (tertiary/aromatic N) is 3. The molecule has 29 heavy (non-hydrogen) atoms. The quantitative estimate of drug-likeness (QED) is 0.838. The lowest BCUT2D eigenvalue weighted by Crippen LogP contribution is -2.37. The molecule has 1 amide bonds. The van der Waals surface area contributed by atoms with Crippen LogP contribution in [0.5, 0.6) is 0 Å². The third-order valence-electron chi connectivity index (χ3n) is 6.29. The molecule has 2 heterocycles. The molecule has 2 aromatic rings. The Morgan fingerprint density at radius 2 is 2.00 bits per heavy atom. The third kappa shape index (κ3) is 4.18. The molecule has 1 aliphatic heterocycles. The summed E-state index contributed by atoms with van der Waals surface area (Å²) in [5.74, 6) is -1.06. The van der Waals surface area contributed by atoms with Crippen molar-refractivity contribution in [3.63, 3.8) is 0 Å². The van der Waals surface area contributed by atoms with Gasteiger partial charge in [0.2, 0.25) is 5.91 Å². The molecule has 0 saturated heterocycles. The van der Waals surface area contributed by atoms with Crippen LogP contribution in [0.1, 0.15) is 48.2 Å². The SMILES string of the molecule is Cc1nn(Cc2ccc(F)cc2)c2c1CCN(C(=O)CC1CCC(C(=O)O)C1)C2. The van der Waals surface area contributed by atoms with E-state index in [1.54, 1.807) is 12.1 Å². The van der Waals surface area contributed by atoms with Gasteiger partial charge in [-0.3, -0.25) is 14.3 Å². The maximum atomic E-state index is 13.2. The summed E-state index contributed by atoms with van der Waals surface area (Å²) < 4.78 is 15.1. The first-order valence-electron chi connectivity index (χ1n) is 10.2. The van der Waals surface area contributed by atoms with Crippen LogP contribution >= 0.6 is 0 Å². The van der Waals surface area contributed by atoms with Gasteiger partial charge >= 0.3 is 5.97 Å². The van der Waals surface area contributed by atoms with E-state index in [1.165, 1.54) is 17.7 Å². The van der Waals surface area contributed by atoms with Crippen LogP contribution < -0.4 is 0 Å². The number of halogens is 1. The topological polar surface area (TPSA) is 75.4 Å². The van der Waals surface area contributed by atoms with Crippen molar-refractivity contribution >= 4 is 11.9 Å². The second-order valence-electron chi connectivity index (χ2n) is 8.28. The predicted molar refractivity (Wildman–Crippen MR) is 105 cm³/mol. The molecule has 1 aromatic heterocycles. The molecule has 1 saturated carbocycles. The smallest absolute Gasteiger partial charge is 0.306 e. The molecule has 0 radical (unpaired) electrons. The van der Waals surface area contributed by atoms with Gasteiger partial charge in [-0.25, -0.2) is 4.39 Å². The van der Waals surface area contributed by atoms with E-state index < -0.39 is 5.97 Å². The van der Waals surface area contributed by atoms with Gasteiger partial charge in [-0.2, -0.15) is 5.10 Å². The molecular formula is C22H26FN3O3. The third-order valence-corrected chi connectivity index (χ3v) is 6.29. The van der Waals surface area contributed by atoms with Crippen molar-refractivity contribution in [2.45, 2.75) is 52.1 Å². The minimum Gasteiger partial charge on any atom is -0.481 e. The number of carboxylic acid groups (broad SMARTS) is 1. The van der Waals surface area contributed by atoms with Gasteiger partial charge < -0.3 is 10.0 Å². The van der Waals surface area contributed by atoms with Crippen LogP contribution in [0.3, 0.4) is 0 Å². The number of carbonyl (C=O) groups excluding carboxylic acids is 1. The van der Waals surface area contributed by atoms with E-state index in [0.717, 1.165) is 29.8 Å². The maximum absolute atomic E-state index is 13.2. The number of rotatable bonds is 5. The number of carboxylic acids is 1. The van der Waals surface area contributed by atoms with Crippen LogP contribution in [0.4, 0.5) is 4.39 Å². The number of aromatic nitrogens is 2. The zero-order valence-electron chi connectivity index (χ0n) is 16.6. The summed E-state index contributed by atoms with van der Waals surface area (Å²) in [5.41, 5.74) is 4.18. The number of fused-ring (bicyclic) bond motifs is 1. The zero-order chi connectivity index (χ0) is 20.5. The first kappa shape index (κ1) is 19.6. The van der Waals surface area contributed by atoms with Gasteiger partial charge in [-0.05, 0) is 61.8 Å². The summed E-state index contributed by atoms with van der Waals surface area (Å²) in [5, 5.41) is 13.8. The molecule has 7 heteroatoms. The number of benzene rings is 1. The van der Waals surface area contributed by atoms with Crippen molar-refractivity contribution in [2.75, 3.05) is 6.54 Å². The lowest BCUT2D eigenvalue weighted by Gasteiger charge is -2.29. The summed E-state index contributed by atoms with van der Waals surface area (Å²) in [6, 6.07) is 6.40. The Hall–Kier alpha value is -2.70. The summed E-state index contributed by atoms with van der Waals surface area (Å²) in [4.78, 5) is 25.9. The van der Waals surface area contributed by atoms with E-state index in [1.807, 2.05) is 16.5 Å². The van der Waals surface area contributed by atoms with Crippen LogP contribution in [0.25, 0.3) is 0 Å². The Labute approximate surface area is 169 Å². The molecule has 154 valence electrons. The molecule has 1 aromatic carbocycles. The molecule has 2 unspecified atom stereocenters. The number of hydrogen-bond acceptors (Lipinski definition) is 3. The first-order valence-corrected chi connectivity index (χ1v) is 10.2. The van der Waals surface area contributed by atoms with Crippen molar-refractivity contribution in [3.05, 3.63) is 52.6 Å². The van der Waals surface area contributed by atoms with E-state index in [9.17, 15) is 14.0 Å². The van der Waals surface area contributed by atoms with Crippen molar-refractivity contribution in [1.29, 1.82) is 0 Å². The van der Waals surface area contributed by atoms with Crippen molar-refractivity contribution in [2.24, 2.45) is 11.8 Å². The average Bonchev–Trinajstić information content (AvgIpc) is 3.28. The van der Waals surface area contributed by atoms with Crippen molar-refractivity contribution in [3.8, 4) is 0 Å².